The number of fused-ring (bicyclic) bond motifs is 6. The third-order valence-corrected chi connectivity index (χ3v) is 11.1. The lowest BCUT2D eigenvalue weighted by Crippen LogP contribution is -2.28. The number of benzene rings is 4. The van der Waals surface area contributed by atoms with Crippen LogP contribution in [0.15, 0.2) is 121 Å². The molecule has 4 aromatic carbocycles. The molecule has 0 radical (unpaired) electrons. The summed E-state index contributed by atoms with van der Waals surface area (Å²) in [6, 6.07) is 26.5. The van der Waals surface area contributed by atoms with Gasteiger partial charge >= 0.3 is 0 Å². The van der Waals surface area contributed by atoms with E-state index < -0.39 is 0 Å². The Bertz CT molecular complexity index is 2120. The van der Waals surface area contributed by atoms with Gasteiger partial charge in [0.05, 0.1) is 25.2 Å². The van der Waals surface area contributed by atoms with E-state index in [-0.39, 0.29) is 16.7 Å². The number of carbonyl (C=O) groups is 1. The van der Waals surface area contributed by atoms with Crippen LogP contribution < -0.4 is 10.2 Å². The van der Waals surface area contributed by atoms with Crippen LogP contribution in [0.1, 0.15) is 71.4 Å². The predicted octanol–water partition coefficient (Wildman–Crippen LogP) is 10.1. The van der Waals surface area contributed by atoms with Gasteiger partial charge in [0, 0.05) is 67.5 Å². The molecular formula is C48H58N3O3+. The maximum Gasteiger partial charge on any atom is 0.220 e. The van der Waals surface area contributed by atoms with E-state index >= 15 is 0 Å². The normalized spacial score (nSPS) is 16.9. The molecule has 2 aliphatic heterocycles. The van der Waals surface area contributed by atoms with Gasteiger partial charge in [-0.15, -0.1) is 0 Å². The summed E-state index contributed by atoms with van der Waals surface area (Å²) in [7, 11) is 1.65. The largest absolute Gasteiger partial charge is 0.382 e. The van der Waals surface area contributed by atoms with Gasteiger partial charge in [0.25, 0.3) is 0 Å². The Kier molecular flexibility index (Phi) is 12.7. The Morgan fingerprint density at radius 1 is 0.759 bits per heavy atom. The average molecular weight is 725 g/mol. The molecule has 0 spiro atoms. The molecule has 0 aromatic heterocycles. The van der Waals surface area contributed by atoms with E-state index in [2.05, 4.69) is 165 Å². The van der Waals surface area contributed by atoms with Gasteiger partial charge in [0.1, 0.15) is 6.54 Å². The summed E-state index contributed by atoms with van der Waals surface area (Å²) < 4.78 is 12.9. The number of carbonyl (C=O) groups excluding carboxylic acids is 1. The topological polar surface area (TPSA) is 53.8 Å². The molecule has 282 valence electrons. The Morgan fingerprint density at radius 3 is 2.19 bits per heavy atom. The highest BCUT2D eigenvalue weighted by Crippen LogP contribution is 2.50. The van der Waals surface area contributed by atoms with E-state index in [1.165, 1.54) is 55.5 Å². The molecule has 0 unspecified atom stereocenters. The van der Waals surface area contributed by atoms with Crippen molar-refractivity contribution in [1.82, 2.24) is 5.32 Å². The standard InChI is InChI=1S/C48H57N3O3/c1-7-50-40-29-27-36-20-15-17-22-38(36)45(40)47(2,3)42(50)24-12-9-8-10-13-25-43-48(4,5)46-39-23-18-16-21-37(39)28-30-41(46)51(43)32-19-11-14-26-44(52)49-31-33-54-35-34-53-6/h8-10,12-13,15-18,20-25,27-30H,7,11,14,19,26,31-35H2,1-6H3/p+1. The predicted molar refractivity (Wildman–Crippen MR) is 226 cm³/mol. The van der Waals surface area contributed by atoms with Gasteiger partial charge in [0.2, 0.25) is 11.6 Å². The molecular weight excluding hydrogens is 667 g/mol. The maximum absolute atomic E-state index is 12.4. The lowest BCUT2D eigenvalue weighted by Gasteiger charge is -2.26. The monoisotopic (exact) mass is 724 g/mol. The van der Waals surface area contributed by atoms with Crippen molar-refractivity contribution in [2.24, 2.45) is 0 Å². The Balaban J connectivity index is 1.14. The number of allylic oxidation sites excluding steroid dienone is 8. The highest BCUT2D eigenvalue weighted by molar-refractivity contribution is 6.07. The Labute approximate surface area is 322 Å². The quantitative estimate of drug-likeness (QED) is 0.0669. The number of rotatable bonds is 17. The summed E-state index contributed by atoms with van der Waals surface area (Å²) in [4.78, 5) is 14.8. The summed E-state index contributed by atoms with van der Waals surface area (Å²) >= 11 is 0. The molecule has 2 aliphatic rings. The molecule has 0 aliphatic carbocycles. The first-order chi connectivity index (χ1) is 26.2. The molecule has 0 fully saturated rings. The number of hydrogen-bond acceptors (Lipinski definition) is 4. The van der Waals surface area contributed by atoms with Gasteiger partial charge in [-0.25, -0.2) is 0 Å². The highest BCUT2D eigenvalue weighted by Gasteiger charge is 2.45. The third-order valence-electron chi connectivity index (χ3n) is 11.1. The molecule has 54 heavy (non-hydrogen) atoms. The molecule has 0 saturated heterocycles. The van der Waals surface area contributed by atoms with Gasteiger partial charge in [-0.05, 0) is 78.9 Å². The number of amides is 1. The van der Waals surface area contributed by atoms with E-state index in [9.17, 15) is 4.79 Å². The summed E-state index contributed by atoms with van der Waals surface area (Å²) in [6.07, 6.45) is 18.7. The molecule has 0 saturated carbocycles. The first-order valence-corrected chi connectivity index (χ1v) is 19.7. The third kappa shape index (κ3) is 8.15. The minimum Gasteiger partial charge on any atom is -0.382 e. The fourth-order valence-electron chi connectivity index (χ4n) is 8.47. The maximum atomic E-state index is 12.4. The lowest BCUT2D eigenvalue weighted by atomic mass is 9.79. The number of nitrogens with one attached hydrogen (secondary N) is 1. The van der Waals surface area contributed by atoms with Crippen LogP contribution in [0.2, 0.25) is 0 Å². The van der Waals surface area contributed by atoms with Crippen molar-refractivity contribution in [1.29, 1.82) is 0 Å². The van der Waals surface area contributed by atoms with Gasteiger partial charge < -0.3 is 19.7 Å². The van der Waals surface area contributed by atoms with E-state index in [1.807, 2.05) is 0 Å². The van der Waals surface area contributed by atoms with Crippen molar-refractivity contribution in [3.63, 3.8) is 0 Å². The second-order valence-electron chi connectivity index (χ2n) is 15.3. The Morgan fingerprint density at radius 2 is 1.44 bits per heavy atom. The molecule has 6 heteroatoms. The van der Waals surface area contributed by atoms with E-state index in [4.69, 9.17) is 9.47 Å². The summed E-state index contributed by atoms with van der Waals surface area (Å²) in [5, 5.41) is 8.18. The smallest absolute Gasteiger partial charge is 0.220 e. The van der Waals surface area contributed by atoms with Crippen LogP contribution in [0.5, 0.6) is 0 Å². The highest BCUT2D eigenvalue weighted by atomic mass is 16.5. The zero-order valence-corrected chi connectivity index (χ0v) is 33.2. The molecule has 0 atom stereocenters. The van der Waals surface area contributed by atoms with Crippen LogP contribution in [0.25, 0.3) is 21.5 Å². The summed E-state index contributed by atoms with van der Waals surface area (Å²) in [6.45, 7) is 15.6. The van der Waals surface area contributed by atoms with E-state index in [0.29, 0.717) is 32.8 Å². The van der Waals surface area contributed by atoms with Crippen molar-refractivity contribution in [2.45, 2.75) is 71.1 Å². The van der Waals surface area contributed by atoms with Crippen molar-refractivity contribution in [3.8, 4) is 0 Å². The first-order valence-electron chi connectivity index (χ1n) is 19.7. The van der Waals surface area contributed by atoms with Gasteiger partial charge in [-0.3, -0.25) is 4.79 Å². The zero-order valence-electron chi connectivity index (χ0n) is 33.2. The van der Waals surface area contributed by atoms with E-state index in [1.54, 1.807) is 7.11 Å². The molecule has 1 N–H and O–H groups in total. The average Bonchev–Trinajstić information content (AvgIpc) is 3.53. The lowest BCUT2D eigenvalue weighted by molar-refractivity contribution is -0.438. The second-order valence-corrected chi connectivity index (χ2v) is 15.3. The van der Waals surface area contributed by atoms with Crippen molar-refractivity contribution in [2.75, 3.05) is 51.5 Å². The second kappa shape index (κ2) is 17.6. The number of unbranched alkanes of at least 4 members (excludes halogenated alkanes) is 2. The number of methoxy groups -OCH3 is 1. The molecule has 4 aromatic rings. The van der Waals surface area contributed by atoms with Crippen molar-refractivity contribution >= 4 is 44.5 Å². The SMILES string of the molecule is CCN1/C(=C/C=C/C=C/C=C/C2=[N+](CCCCCC(=O)NCCOCCOC)c3ccc4ccccc4c3C2(C)C)C(C)(C)c2c1ccc1ccccc21. The van der Waals surface area contributed by atoms with Crippen molar-refractivity contribution < 1.29 is 18.8 Å². The van der Waals surface area contributed by atoms with Gasteiger partial charge in [0.15, 0.2) is 5.71 Å². The minimum atomic E-state index is -0.164. The molecule has 2 heterocycles. The van der Waals surface area contributed by atoms with Crippen LogP contribution in [-0.2, 0) is 25.1 Å². The van der Waals surface area contributed by atoms with Crippen LogP contribution in [0.4, 0.5) is 11.4 Å². The van der Waals surface area contributed by atoms with Gasteiger partial charge in [-0.2, -0.15) is 4.58 Å². The van der Waals surface area contributed by atoms with Crippen LogP contribution in [-0.4, -0.2) is 62.8 Å². The molecule has 6 nitrogen and oxygen atoms in total. The van der Waals surface area contributed by atoms with E-state index in [0.717, 1.165) is 32.4 Å². The number of hydrogen-bond donors (Lipinski definition) is 1. The number of likely N-dealkylation sites (N-methyl/N-ethyl adjacent to an activating group) is 1. The fraction of sp³-hybridized carbons (Fsp3) is 0.375. The minimum absolute atomic E-state index is 0.0880. The fourth-order valence-corrected chi connectivity index (χ4v) is 8.47. The van der Waals surface area contributed by atoms with Crippen molar-refractivity contribution in [3.05, 3.63) is 132 Å². The van der Waals surface area contributed by atoms with Crippen LogP contribution in [0, 0.1) is 0 Å². The summed E-state index contributed by atoms with van der Waals surface area (Å²) in [5.41, 5.74) is 7.76. The zero-order chi connectivity index (χ0) is 38.1. The number of nitrogens with zero attached hydrogens (tertiary/aromatic N) is 2. The van der Waals surface area contributed by atoms with Crippen LogP contribution in [0.3, 0.4) is 0 Å². The first kappa shape index (κ1) is 38.9. The van der Waals surface area contributed by atoms with Gasteiger partial charge in [-0.1, -0.05) is 98.8 Å². The molecule has 6 rings (SSSR count). The summed E-state index contributed by atoms with van der Waals surface area (Å²) in [5.74, 6) is 0.0880. The van der Waals surface area contributed by atoms with Crippen LogP contribution >= 0.6 is 0 Å². The Hall–Kier alpha value is -4.78. The molecule has 0 bridgehead atoms. The number of ether oxygens (including phenoxy) is 2. The number of anilines is 1. The molecule has 1 amide bonds.